The van der Waals surface area contributed by atoms with Crippen LogP contribution in [0.1, 0.15) is 48.7 Å². The number of aldehydes is 1. The third kappa shape index (κ3) is 14.0. The molecular formula is C29H44N6O8-2. The van der Waals surface area contributed by atoms with Crippen molar-refractivity contribution in [1.29, 1.82) is 0 Å². The van der Waals surface area contributed by atoms with Crippen molar-refractivity contribution in [2.45, 2.75) is 45.1 Å². The van der Waals surface area contributed by atoms with E-state index in [2.05, 4.69) is 17.2 Å². The van der Waals surface area contributed by atoms with Gasteiger partial charge in [-0.05, 0) is 37.3 Å². The molecular weight excluding hydrogens is 560 g/mol. The van der Waals surface area contributed by atoms with E-state index in [1.165, 1.54) is 0 Å². The largest absolute Gasteiger partial charge is 0.549 e. The quantitative estimate of drug-likeness (QED) is 0.147. The number of carboxylic acid groups (broad SMARTS) is 3. The molecule has 1 aliphatic rings. The second-order valence-corrected chi connectivity index (χ2v) is 10.7. The predicted octanol–water partition coefficient (Wildman–Crippen LogP) is -2.69. The monoisotopic (exact) mass is 604 g/mol. The lowest BCUT2D eigenvalue weighted by molar-refractivity contribution is -0.308. The van der Waals surface area contributed by atoms with Crippen LogP contribution < -0.4 is 15.5 Å². The van der Waals surface area contributed by atoms with E-state index in [1.54, 1.807) is 27.0 Å². The Balaban J connectivity index is 2.05. The zero-order valence-electron chi connectivity index (χ0n) is 24.9. The van der Waals surface area contributed by atoms with E-state index in [4.69, 9.17) is 0 Å². The lowest BCUT2D eigenvalue weighted by Crippen LogP contribution is -2.52. The Morgan fingerprint density at radius 1 is 0.930 bits per heavy atom. The molecule has 14 nitrogen and oxygen atoms in total. The first-order valence-corrected chi connectivity index (χ1v) is 14.8. The molecule has 43 heavy (non-hydrogen) atoms. The van der Waals surface area contributed by atoms with Gasteiger partial charge in [-0.25, -0.2) is 0 Å². The van der Waals surface area contributed by atoms with Crippen molar-refractivity contribution in [3.8, 4) is 0 Å². The van der Waals surface area contributed by atoms with Crippen LogP contribution in [0.25, 0.3) is 0 Å². The summed E-state index contributed by atoms with van der Waals surface area (Å²) in [5, 5.41) is 35.5. The second-order valence-electron chi connectivity index (χ2n) is 10.7. The SMILES string of the molecule is CCCCc1ccc(C(=O)NCCCC(C(=O)O)N2CCN(CC=O)CCN(CC(=O)[O-])CCN(CC(=O)[O-])CC2)nc1. The van der Waals surface area contributed by atoms with Gasteiger partial charge in [-0.1, -0.05) is 19.4 Å². The van der Waals surface area contributed by atoms with E-state index in [0.717, 1.165) is 31.1 Å². The molecule has 1 aromatic heterocycles. The number of nitrogens with zero attached hydrogens (tertiary/aromatic N) is 5. The van der Waals surface area contributed by atoms with Gasteiger partial charge < -0.3 is 35.0 Å². The molecule has 2 rings (SSSR count). The van der Waals surface area contributed by atoms with Crippen LogP contribution in [0.5, 0.6) is 0 Å². The molecule has 1 aliphatic heterocycles. The molecule has 0 aliphatic carbocycles. The molecule has 1 atom stereocenters. The number of carboxylic acids is 3. The Hall–Kier alpha value is -3.46. The average molecular weight is 605 g/mol. The number of aromatic nitrogens is 1. The summed E-state index contributed by atoms with van der Waals surface area (Å²) in [4.78, 5) is 69.8. The van der Waals surface area contributed by atoms with Crippen molar-refractivity contribution >= 4 is 30.1 Å². The van der Waals surface area contributed by atoms with E-state index in [0.29, 0.717) is 31.7 Å². The maximum atomic E-state index is 12.5. The van der Waals surface area contributed by atoms with Gasteiger partial charge in [-0.3, -0.25) is 34.2 Å². The number of aliphatic carboxylic acids is 3. The normalized spacial score (nSPS) is 17.3. The van der Waals surface area contributed by atoms with Gasteiger partial charge >= 0.3 is 5.97 Å². The highest BCUT2D eigenvalue weighted by atomic mass is 16.4. The van der Waals surface area contributed by atoms with Crippen LogP contribution in [0.3, 0.4) is 0 Å². The molecule has 1 amide bonds. The van der Waals surface area contributed by atoms with Crippen LogP contribution in [-0.2, 0) is 25.6 Å². The Kier molecular flexibility index (Phi) is 16.4. The lowest BCUT2D eigenvalue weighted by atomic mass is 10.1. The molecule has 240 valence electrons. The first-order valence-electron chi connectivity index (χ1n) is 14.8. The van der Waals surface area contributed by atoms with Crippen molar-refractivity contribution in [2.75, 3.05) is 78.5 Å². The van der Waals surface area contributed by atoms with Crippen molar-refractivity contribution in [1.82, 2.24) is 29.9 Å². The molecule has 0 bridgehead atoms. The van der Waals surface area contributed by atoms with Crippen LogP contribution >= 0.6 is 0 Å². The zero-order valence-corrected chi connectivity index (χ0v) is 24.9. The number of amides is 1. The number of unbranched alkanes of at least 4 members (excludes halogenated alkanes) is 1. The topological polar surface area (TPSA) is 190 Å². The number of hydrogen-bond acceptors (Lipinski definition) is 12. The minimum Gasteiger partial charge on any atom is -0.549 e. The summed E-state index contributed by atoms with van der Waals surface area (Å²) < 4.78 is 0. The molecule has 0 spiro atoms. The van der Waals surface area contributed by atoms with E-state index in [1.807, 2.05) is 11.0 Å². The van der Waals surface area contributed by atoms with Crippen LogP contribution in [0.2, 0.25) is 0 Å². The number of pyridine rings is 1. The fraction of sp³-hybridized carbons (Fsp3) is 0.655. The highest BCUT2D eigenvalue weighted by Crippen LogP contribution is 2.11. The van der Waals surface area contributed by atoms with Gasteiger partial charge in [0.25, 0.3) is 5.91 Å². The fourth-order valence-electron chi connectivity index (χ4n) is 4.97. The molecule has 0 radical (unpaired) electrons. The highest BCUT2D eigenvalue weighted by Gasteiger charge is 2.27. The maximum Gasteiger partial charge on any atom is 0.320 e. The van der Waals surface area contributed by atoms with Crippen molar-refractivity contribution in [3.05, 3.63) is 29.6 Å². The number of carbonyl (C=O) groups excluding carboxylic acids is 4. The first kappa shape index (κ1) is 35.7. The van der Waals surface area contributed by atoms with Gasteiger partial charge in [0, 0.05) is 78.2 Å². The Labute approximate surface area is 252 Å². The van der Waals surface area contributed by atoms with Crippen LogP contribution in [-0.4, -0.2) is 144 Å². The van der Waals surface area contributed by atoms with Crippen molar-refractivity contribution in [2.24, 2.45) is 0 Å². The third-order valence-electron chi connectivity index (χ3n) is 7.45. The van der Waals surface area contributed by atoms with Gasteiger partial charge in [-0.2, -0.15) is 0 Å². The summed E-state index contributed by atoms with van der Waals surface area (Å²) >= 11 is 0. The number of rotatable bonds is 16. The predicted molar refractivity (Wildman–Crippen MR) is 153 cm³/mol. The number of aryl methyl sites for hydroxylation is 1. The average Bonchev–Trinajstić information content (AvgIpc) is 2.96. The minimum absolute atomic E-state index is 0.0984. The van der Waals surface area contributed by atoms with E-state index in [9.17, 15) is 39.3 Å². The van der Waals surface area contributed by atoms with Crippen molar-refractivity contribution in [3.63, 3.8) is 0 Å². The number of carbonyl (C=O) groups is 5. The van der Waals surface area contributed by atoms with E-state index in [-0.39, 0.29) is 71.2 Å². The maximum absolute atomic E-state index is 12.5. The number of nitrogens with one attached hydrogen (secondary N) is 1. The fourth-order valence-corrected chi connectivity index (χ4v) is 4.97. The molecule has 0 saturated carbocycles. The highest BCUT2D eigenvalue weighted by molar-refractivity contribution is 5.92. The molecule has 2 heterocycles. The molecule has 1 unspecified atom stereocenters. The van der Waals surface area contributed by atoms with Gasteiger partial charge in [0.2, 0.25) is 0 Å². The van der Waals surface area contributed by atoms with Gasteiger partial charge in [0.15, 0.2) is 0 Å². The van der Waals surface area contributed by atoms with E-state index >= 15 is 0 Å². The Morgan fingerprint density at radius 3 is 2.02 bits per heavy atom. The van der Waals surface area contributed by atoms with Crippen molar-refractivity contribution < 1.29 is 39.3 Å². The Morgan fingerprint density at radius 2 is 1.51 bits per heavy atom. The molecule has 0 aromatic carbocycles. The van der Waals surface area contributed by atoms with Crippen LogP contribution in [0, 0.1) is 0 Å². The molecule has 2 N–H and O–H groups in total. The van der Waals surface area contributed by atoms with Gasteiger partial charge in [0.05, 0.1) is 18.5 Å². The van der Waals surface area contributed by atoms with E-state index < -0.39 is 23.9 Å². The standard InChI is InChI=1S/C29H46N6O8/c1-2-3-5-23-7-8-24(31-20-23)28(41)30-9-4-6-25(29(42)43)35-16-14-32(18-19-36)10-11-33(21-26(37)38)12-13-34(15-17-35)22-27(39)40/h7-8,19-20,25H,2-6,9-18,21-22H2,1H3,(H,30,41)(H,37,38)(H,39,40)(H,42,43)/p-2. The minimum atomic E-state index is -1.29. The zero-order chi connectivity index (χ0) is 31.6. The molecule has 14 heteroatoms. The summed E-state index contributed by atoms with van der Waals surface area (Å²) in [5.41, 5.74) is 1.35. The smallest absolute Gasteiger partial charge is 0.320 e. The van der Waals surface area contributed by atoms with Crippen LogP contribution in [0.15, 0.2) is 18.3 Å². The number of hydrogen-bond donors (Lipinski definition) is 2. The lowest BCUT2D eigenvalue weighted by Gasteiger charge is -2.36. The second kappa shape index (κ2) is 19.7. The molecule has 1 saturated heterocycles. The third-order valence-corrected chi connectivity index (χ3v) is 7.45. The summed E-state index contributed by atoms with van der Waals surface area (Å²) in [6.07, 6.45) is 6.06. The Bertz CT molecular complexity index is 1040. The molecule has 1 aromatic rings. The summed E-state index contributed by atoms with van der Waals surface area (Å²) in [7, 11) is 0. The van der Waals surface area contributed by atoms with Crippen LogP contribution in [0.4, 0.5) is 0 Å². The molecule has 1 fully saturated rings. The van der Waals surface area contributed by atoms with Gasteiger partial charge in [0.1, 0.15) is 18.0 Å². The summed E-state index contributed by atoms with van der Waals surface area (Å²) in [6, 6.07) is 2.65. The summed E-state index contributed by atoms with van der Waals surface area (Å²) in [6.45, 7) is 3.92. The van der Waals surface area contributed by atoms with Gasteiger partial charge in [-0.15, -0.1) is 0 Å². The first-order chi connectivity index (χ1) is 20.6. The summed E-state index contributed by atoms with van der Waals surface area (Å²) in [5.74, 6) is -3.94.